The highest BCUT2D eigenvalue weighted by molar-refractivity contribution is 5.70. The summed E-state index contributed by atoms with van der Waals surface area (Å²) in [5.41, 5.74) is -2.16. The van der Waals surface area contributed by atoms with Gasteiger partial charge in [-0.05, 0) is 18.2 Å². The normalized spacial score (nSPS) is 16.7. The van der Waals surface area contributed by atoms with E-state index < -0.39 is 28.8 Å². The molecule has 1 heterocycles. The van der Waals surface area contributed by atoms with E-state index in [0.717, 1.165) is 12.1 Å². The van der Waals surface area contributed by atoms with E-state index in [0.29, 0.717) is 13.1 Å². The molecule has 2 rings (SSSR count). The number of nitrogens with zero attached hydrogens (tertiary/aromatic N) is 1. The van der Waals surface area contributed by atoms with Crippen LogP contribution in [0.15, 0.2) is 18.2 Å². The van der Waals surface area contributed by atoms with Crippen LogP contribution in [0.2, 0.25) is 0 Å². The Morgan fingerprint density at radius 1 is 1.48 bits per heavy atom. The summed E-state index contributed by atoms with van der Waals surface area (Å²) in [6.07, 6.45) is -4.85. The third kappa shape index (κ3) is 3.25. The lowest BCUT2D eigenvalue weighted by Crippen LogP contribution is -2.65. The number of carboxylic acids is 1. The monoisotopic (exact) mass is 299 g/mol. The van der Waals surface area contributed by atoms with Crippen molar-refractivity contribution in [1.82, 2.24) is 5.32 Å². The van der Waals surface area contributed by atoms with Crippen LogP contribution in [-0.4, -0.2) is 29.7 Å². The van der Waals surface area contributed by atoms with E-state index in [4.69, 9.17) is 10.4 Å². The first-order chi connectivity index (χ1) is 9.76. The van der Waals surface area contributed by atoms with Crippen molar-refractivity contribution in [2.45, 2.75) is 18.1 Å². The van der Waals surface area contributed by atoms with Gasteiger partial charge >= 0.3 is 12.1 Å². The molecule has 0 aliphatic carbocycles. The third-order valence-corrected chi connectivity index (χ3v) is 3.27. The number of carboxylic acid groups (broad SMARTS) is 1. The second-order valence-corrected chi connectivity index (χ2v) is 4.95. The number of anilines is 1. The third-order valence-electron chi connectivity index (χ3n) is 3.27. The summed E-state index contributed by atoms with van der Waals surface area (Å²) in [6.45, 7) is 0.696. The minimum Gasteiger partial charge on any atom is -0.481 e. The fourth-order valence-corrected chi connectivity index (χ4v) is 2.23. The van der Waals surface area contributed by atoms with E-state index in [2.05, 4.69) is 10.6 Å². The quantitative estimate of drug-likeness (QED) is 0.789. The van der Waals surface area contributed by atoms with E-state index in [1.54, 1.807) is 0 Å². The van der Waals surface area contributed by atoms with Crippen molar-refractivity contribution in [2.24, 2.45) is 0 Å². The molecule has 1 aliphatic heterocycles. The minimum atomic E-state index is -4.64. The molecule has 0 amide bonds. The van der Waals surface area contributed by atoms with Crippen LogP contribution >= 0.6 is 0 Å². The zero-order chi connectivity index (χ0) is 15.7. The van der Waals surface area contributed by atoms with Gasteiger partial charge in [-0.2, -0.15) is 18.4 Å². The molecule has 1 aromatic carbocycles. The smallest absolute Gasteiger partial charge is 0.417 e. The molecule has 5 nitrogen and oxygen atoms in total. The molecule has 0 atom stereocenters. The van der Waals surface area contributed by atoms with E-state index >= 15 is 0 Å². The van der Waals surface area contributed by atoms with Gasteiger partial charge < -0.3 is 15.7 Å². The zero-order valence-electron chi connectivity index (χ0n) is 10.8. The molecule has 8 heteroatoms. The van der Waals surface area contributed by atoms with Crippen LogP contribution in [0.5, 0.6) is 0 Å². The summed E-state index contributed by atoms with van der Waals surface area (Å²) in [5, 5.41) is 23.3. The van der Waals surface area contributed by atoms with Crippen LogP contribution in [0, 0.1) is 11.3 Å². The lowest BCUT2D eigenvalue weighted by Gasteiger charge is -2.43. The largest absolute Gasteiger partial charge is 0.481 e. The van der Waals surface area contributed by atoms with Crippen molar-refractivity contribution < 1.29 is 23.1 Å². The van der Waals surface area contributed by atoms with Crippen molar-refractivity contribution >= 4 is 11.7 Å². The molecule has 0 aromatic heterocycles. The Kier molecular flexibility index (Phi) is 3.78. The Morgan fingerprint density at radius 3 is 2.57 bits per heavy atom. The van der Waals surface area contributed by atoms with Gasteiger partial charge in [-0.1, -0.05) is 0 Å². The number of alkyl halides is 3. The maximum atomic E-state index is 12.9. The number of nitrogens with one attached hydrogen (secondary N) is 2. The van der Waals surface area contributed by atoms with Crippen LogP contribution in [0.1, 0.15) is 17.5 Å². The zero-order valence-corrected chi connectivity index (χ0v) is 10.8. The molecule has 0 saturated carbocycles. The molecule has 21 heavy (non-hydrogen) atoms. The summed E-state index contributed by atoms with van der Waals surface area (Å²) in [6, 6.07) is 4.75. The Morgan fingerprint density at radius 2 is 2.14 bits per heavy atom. The van der Waals surface area contributed by atoms with Crippen LogP contribution < -0.4 is 10.6 Å². The van der Waals surface area contributed by atoms with Gasteiger partial charge in [0.05, 0.1) is 29.2 Å². The van der Waals surface area contributed by atoms with Gasteiger partial charge in [-0.15, -0.1) is 0 Å². The fraction of sp³-hybridized carbons (Fsp3) is 0.385. The second kappa shape index (κ2) is 5.26. The van der Waals surface area contributed by atoms with Crippen molar-refractivity contribution in [3.05, 3.63) is 29.3 Å². The van der Waals surface area contributed by atoms with Gasteiger partial charge in [-0.25, -0.2) is 0 Å². The Hall–Kier alpha value is -2.27. The number of rotatable bonds is 4. The van der Waals surface area contributed by atoms with Crippen LogP contribution in [0.4, 0.5) is 18.9 Å². The number of aliphatic carboxylic acids is 1. The summed E-state index contributed by atoms with van der Waals surface area (Å²) in [5.74, 6) is -1.03. The molecule has 0 bridgehead atoms. The first-order valence-corrected chi connectivity index (χ1v) is 6.08. The molecule has 3 N–H and O–H groups in total. The highest BCUT2D eigenvalue weighted by Gasteiger charge is 2.40. The molecule has 0 radical (unpaired) electrons. The van der Waals surface area contributed by atoms with E-state index in [9.17, 15) is 18.0 Å². The van der Waals surface area contributed by atoms with Crippen LogP contribution in [0.3, 0.4) is 0 Å². The predicted octanol–water partition coefficient (Wildman–Crippen LogP) is 1.81. The average molecular weight is 299 g/mol. The van der Waals surface area contributed by atoms with Gasteiger partial charge in [0.15, 0.2) is 0 Å². The highest BCUT2D eigenvalue weighted by atomic mass is 19.4. The fourth-order valence-electron chi connectivity index (χ4n) is 2.23. The summed E-state index contributed by atoms with van der Waals surface area (Å²) < 4.78 is 38.6. The van der Waals surface area contributed by atoms with Gasteiger partial charge in [0.2, 0.25) is 0 Å². The van der Waals surface area contributed by atoms with Crippen molar-refractivity contribution in [3.63, 3.8) is 0 Å². The standard InChI is InChI=1S/C13H12F3N3O2/c14-13(15,16)10-3-9(2-1-8(10)5-17)19-12(4-11(20)21)6-18-7-12/h1-3,18-19H,4,6-7H2,(H,20,21). The van der Waals surface area contributed by atoms with Crippen molar-refractivity contribution in [2.75, 3.05) is 18.4 Å². The lowest BCUT2D eigenvalue weighted by molar-refractivity contribution is -0.139. The highest BCUT2D eigenvalue weighted by Crippen LogP contribution is 2.34. The summed E-state index contributed by atoms with van der Waals surface area (Å²) in [7, 11) is 0. The maximum absolute atomic E-state index is 12.9. The average Bonchev–Trinajstić information content (AvgIpc) is 2.34. The Bertz CT molecular complexity index is 604. The molecule has 1 saturated heterocycles. The number of hydrogen-bond donors (Lipinski definition) is 3. The maximum Gasteiger partial charge on any atom is 0.417 e. The topological polar surface area (TPSA) is 85.2 Å². The first-order valence-electron chi connectivity index (χ1n) is 6.08. The van der Waals surface area contributed by atoms with E-state index in [1.807, 2.05) is 0 Å². The van der Waals surface area contributed by atoms with Crippen LogP contribution in [0.25, 0.3) is 0 Å². The number of benzene rings is 1. The Balaban J connectivity index is 2.29. The number of nitriles is 1. The predicted molar refractivity (Wildman–Crippen MR) is 67.6 cm³/mol. The minimum absolute atomic E-state index is 0.143. The van der Waals surface area contributed by atoms with Crippen molar-refractivity contribution in [3.8, 4) is 6.07 Å². The molecular formula is C13H12F3N3O2. The summed E-state index contributed by atoms with van der Waals surface area (Å²) in [4.78, 5) is 10.8. The molecule has 1 aromatic rings. The molecule has 0 spiro atoms. The van der Waals surface area contributed by atoms with Gasteiger partial charge in [-0.3, -0.25) is 4.79 Å². The molecule has 1 aliphatic rings. The Labute approximate surface area is 118 Å². The number of carbonyl (C=O) groups is 1. The van der Waals surface area contributed by atoms with Gasteiger partial charge in [0.1, 0.15) is 0 Å². The molecular weight excluding hydrogens is 287 g/mol. The van der Waals surface area contributed by atoms with Gasteiger partial charge in [0, 0.05) is 18.8 Å². The summed E-state index contributed by atoms with van der Waals surface area (Å²) >= 11 is 0. The van der Waals surface area contributed by atoms with Crippen molar-refractivity contribution in [1.29, 1.82) is 5.26 Å². The molecule has 1 fully saturated rings. The molecule has 0 unspecified atom stereocenters. The lowest BCUT2D eigenvalue weighted by atomic mass is 9.88. The number of hydrogen-bond acceptors (Lipinski definition) is 4. The van der Waals surface area contributed by atoms with E-state index in [-0.39, 0.29) is 12.1 Å². The number of halogens is 3. The second-order valence-electron chi connectivity index (χ2n) is 4.95. The van der Waals surface area contributed by atoms with E-state index in [1.165, 1.54) is 12.1 Å². The SMILES string of the molecule is N#Cc1ccc(NC2(CC(=O)O)CNC2)cc1C(F)(F)F. The first kappa shape index (κ1) is 15.1. The molecule has 112 valence electrons. The van der Waals surface area contributed by atoms with Crippen LogP contribution in [-0.2, 0) is 11.0 Å². The van der Waals surface area contributed by atoms with Gasteiger partial charge in [0.25, 0.3) is 0 Å².